The Bertz CT molecular complexity index is 584. The van der Waals surface area contributed by atoms with E-state index in [-0.39, 0.29) is 10.8 Å². The van der Waals surface area contributed by atoms with Crippen molar-refractivity contribution in [1.82, 2.24) is 9.97 Å². The van der Waals surface area contributed by atoms with Crippen molar-refractivity contribution in [3.63, 3.8) is 0 Å². The first-order valence-corrected chi connectivity index (χ1v) is 7.11. The summed E-state index contributed by atoms with van der Waals surface area (Å²) >= 11 is 0. The van der Waals surface area contributed by atoms with Crippen LogP contribution < -0.4 is 0 Å². The summed E-state index contributed by atoms with van der Waals surface area (Å²) in [5.74, 6) is 0.795. The van der Waals surface area contributed by atoms with Gasteiger partial charge in [0.2, 0.25) is 0 Å². The van der Waals surface area contributed by atoms with Gasteiger partial charge in [-0.05, 0) is 28.0 Å². The molecule has 0 spiro atoms. The summed E-state index contributed by atoms with van der Waals surface area (Å²) in [6.07, 6.45) is 3.87. The van der Waals surface area contributed by atoms with Gasteiger partial charge >= 0.3 is 0 Å². The highest BCUT2D eigenvalue weighted by atomic mass is 14.9. The average molecular weight is 268 g/mol. The summed E-state index contributed by atoms with van der Waals surface area (Å²) in [5, 5.41) is 0. The van der Waals surface area contributed by atoms with E-state index in [9.17, 15) is 0 Å². The maximum Gasteiger partial charge on any atom is 0.159 e. The minimum atomic E-state index is 0.0891. The van der Waals surface area contributed by atoms with Crippen molar-refractivity contribution in [3.8, 4) is 11.4 Å². The largest absolute Gasteiger partial charge is 0.236 e. The standard InChI is InChI=1S/C18H24N2/c1-17(2,3)14-9-7-8-13(10-14)16-19-11-15(12-20-16)18(4,5)6/h7-12H,1-6H3. The second kappa shape index (κ2) is 5.01. The van der Waals surface area contributed by atoms with Gasteiger partial charge in [0.1, 0.15) is 0 Å². The molecule has 0 aliphatic carbocycles. The SMILES string of the molecule is CC(C)(C)c1cnc(-c2cccc(C(C)(C)C)c2)nc1. The fourth-order valence-corrected chi connectivity index (χ4v) is 1.99. The Balaban J connectivity index is 2.38. The summed E-state index contributed by atoms with van der Waals surface area (Å²) in [7, 11) is 0. The summed E-state index contributed by atoms with van der Waals surface area (Å²) in [5.41, 5.74) is 3.78. The molecule has 20 heavy (non-hydrogen) atoms. The highest BCUT2D eigenvalue weighted by molar-refractivity contribution is 5.56. The Morgan fingerprint density at radius 3 is 1.80 bits per heavy atom. The number of rotatable bonds is 1. The topological polar surface area (TPSA) is 25.8 Å². The number of hydrogen-bond donors (Lipinski definition) is 0. The number of hydrogen-bond acceptors (Lipinski definition) is 2. The van der Waals surface area contributed by atoms with Crippen molar-refractivity contribution in [1.29, 1.82) is 0 Å². The molecule has 0 fully saturated rings. The van der Waals surface area contributed by atoms with Crippen LogP contribution in [0.2, 0.25) is 0 Å². The van der Waals surface area contributed by atoms with E-state index in [2.05, 4.69) is 75.8 Å². The quantitative estimate of drug-likeness (QED) is 0.746. The first-order chi connectivity index (χ1) is 9.18. The van der Waals surface area contributed by atoms with E-state index in [4.69, 9.17) is 0 Å². The van der Waals surface area contributed by atoms with E-state index in [0.29, 0.717) is 0 Å². The van der Waals surface area contributed by atoms with Crippen LogP contribution in [0.15, 0.2) is 36.7 Å². The van der Waals surface area contributed by atoms with Gasteiger partial charge in [-0.2, -0.15) is 0 Å². The molecule has 0 amide bonds. The molecule has 2 heteroatoms. The van der Waals surface area contributed by atoms with Gasteiger partial charge in [-0.15, -0.1) is 0 Å². The van der Waals surface area contributed by atoms with Crippen molar-refractivity contribution in [2.45, 2.75) is 52.4 Å². The van der Waals surface area contributed by atoms with E-state index < -0.39 is 0 Å². The third-order valence-electron chi connectivity index (χ3n) is 3.50. The Kier molecular flexibility index (Phi) is 3.68. The molecule has 1 aromatic heterocycles. The van der Waals surface area contributed by atoms with Crippen LogP contribution in [-0.4, -0.2) is 9.97 Å². The molecule has 1 aromatic carbocycles. The van der Waals surface area contributed by atoms with Gasteiger partial charge in [0.05, 0.1) is 0 Å². The molecule has 2 rings (SSSR count). The summed E-state index contributed by atoms with van der Waals surface area (Å²) < 4.78 is 0. The molecule has 0 atom stereocenters. The third-order valence-corrected chi connectivity index (χ3v) is 3.50. The number of nitrogens with zero attached hydrogens (tertiary/aromatic N) is 2. The zero-order chi connectivity index (χ0) is 15.0. The first kappa shape index (κ1) is 14.7. The van der Waals surface area contributed by atoms with Crippen molar-refractivity contribution < 1.29 is 0 Å². The highest BCUT2D eigenvalue weighted by Crippen LogP contribution is 2.27. The summed E-state index contributed by atoms with van der Waals surface area (Å²) in [4.78, 5) is 9.05. The van der Waals surface area contributed by atoms with Crippen LogP contribution in [0, 0.1) is 0 Å². The lowest BCUT2D eigenvalue weighted by Crippen LogP contribution is -2.12. The molecular weight excluding hydrogens is 244 g/mol. The molecule has 0 N–H and O–H groups in total. The van der Waals surface area contributed by atoms with Gasteiger partial charge in [-0.25, -0.2) is 9.97 Å². The van der Waals surface area contributed by atoms with Crippen LogP contribution in [-0.2, 0) is 10.8 Å². The average Bonchev–Trinajstić information content (AvgIpc) is 2.37. The summed E-state index contributed by atoms with van der Waals surface area (Å²) in [6.45, 7) is 13.2. The molecule has 0 aliphatic rings. The smallest absolute Gasteiger partial charge is 0.159 e. The minimum Gasteiger partial charge on any atom is -0.236 e. The molecule has 0 saturated heterocycles. The predicted octanol–water partition coefficient (Wildman–Crippen LogP) is 4.74. The minimum absolute atomic E-state index is 0.0891. The zero-order valence-corrected chi connectivity index (χ0v) is 13.4. The van der Waals surface area contributed by atoms with Crippen molar-refractivity contribution in [2.75, 3.05) is 0 Å². The van der Waals surface area contributed by atoms with Crippen LogP contribution in [0.5, 0.6) is 0 Å². The zero-order valence-electron chi connectivity index (χ0n) is 13.4. The Morgan fingerprint density at radius 1 is 0.750 bits per heavy atom. The van der Waals surface area contributed by atoms with Crippen LogP contribution in [0.1, 0.15) is 52.7 Å². The normalized spacial score (nSPS) is 12.5. The molecule has 1 heterocycles. The molecule has 0 radical (unpaired) electrons. The lowest BCUT2D eigenvalue weighted by molar-refractivity contribution is 0.584. The second-order valence-corrected chi connectivity index (χ2v) is 7.38. The Labute approximate surface area is 122 Å². The van der Waals surface area contributed by atoms with E-state index >= 15 is 0 Å². The first-order valence-electron chi connectivity index (χ1n) is 7.11. The van der Waals surface area contributed by atoms with Gasteiger partial charge in [-0.3, -0.25) is 0 Å². The van der Waals surface area contributed by atoms with Crippen LogP contribution in [0.3, 0.4) is 0 Å². The fraction of sp³-hybridized carbons (Fsp3) is 0.444. The van der Waals surface area contributed by atoms with Crippen LogP contribution in [0.4, 0.5) is 0 Å². The number of benzene rings is 1. The third kappa shape index (κ3) is 3.24. The van der Waals surface area contributed by atoms with Gasteiger partial charge in [0.15, 0.2) is 5.82 Å². The van der Waals surface area contributed by atoms with E-state index in [1.165, 1.54) is 5.56 Å². The fourth-order valence-electron chi connectivity index (χ4n) is 1.99. The lowest BCUT2D eigenvalue weighted by atomic mass is 9.86. The van der Waals surface area contributed by atoms with Crippen molar-refractivity contribution >= 4 is 0 Å². The van der Waals surface area contributed by atoms with Gasteiger partial charge in [0, 0.05) is 18.0 Å². The molecular formula is C18H24N2. The van der Waals surface area contributed by atoms with Crippen molar-refractivity contribution in [3.05, 3.63) is 47.8 Å². The predicted molar refractivity (Wildman–Crippen MR) is 84.9 cm³/mol. The van der Waals surface area contributed by atoms with Crippen LogP contribution >= 0.6 is 0 Å². The monoisotopic (exact) mass is 268 g/mol. The molecule has 2 nitrogen and oxygen atoms in total. The highest BCUT2D eigenvalue weighted by Gasteiger charge is 2.16. The lowest BCUT2D eigenvalue weighted by Gasteiger charge is -2.20. The Hall–Kier alpha value is -1.70. The second-order valence-electron chi connectivity index (χ2n) is 7.38. The number of aromatic nitrogens is 2. The van der Waals surface area contributed by atoms with E-state index in [1.54, 1.807) is 0 Å². The molecule has 0 saturated carbocycles. The van der Waals surface area contributed by atoms with E-state index in [1.807, 2.05) is 12.4 Å². The summed E-state index contributed by atoms with van der Waals surface area (Å²) in [6, 6.07) is 8.50. The van der Waals surface area contributed by atoms with Gasteiger partial charge in [0.25, 0.3) is 0 Å². The van der Waals surface area contributed by atoms with Gasteiger partial charge < -0.3 is 0 Å². The molecule has 2 aromatic rings. The molecule has 0 bridgehead atoms. The van der Waals surface area contributed by atoms with Crippen molar-refractivity contribution in [2.24, 2.45) is 0 Å². The maximum absolute atomic E-state index is 4.53. The maximum atomic E-state index is 4.53. The molecule has 0 unspecified atom stereocenters. The molecule has 106 valence electrons. The van der Waals surface area contributed by atoms with Crippen LogP contribution in [0.25, 0.3) is 11.4 Å². The van der Waals surface area contributed by atoms with Gasteiger partial charge in [-0.1, -0.05) is 59.7 Å². The molecule has 0 aliphatic heterocycles. The van der Waals surface area contributed by atoms with E-state index in [0.717, 1.165) is 17.0 Å². The Morgan fingerprint density at radius 2 is 1.30 bits per heavy atom.